The van der Waals surface area contributed by atoms with E-state index in [1.54, 1.807) is 0 Å². The number of esters is 1. The summed E-state index contributed by atoms with van der Waals surface area (Å²) < 4.78 is 5.90. The minimum atomic E-state index is -0.812. The highest BCUT2D eigenvalue weighted by Crippen LogP contribution is 2.17. The summed E-state index contributed by atoms with van der Waals surface area (Å²) in [6.07, 6.45) is 69.0. The molecule has 0 bridgehead atoms. The number of ether oxygens (including phenoxy) is 1. The topological polar surface area (TPSA) is 95.9 Å². The van der Waals surface area contributed by atoms with Gasteiger partial charge < -0.3 is 20.3 Å². The average Bonchev–Trinajstić information content (AvgIpc) is 3.30. The van der Waals surface area contributed by atoms with Crippen LogP contribution in [-0.4, -0.2) is 46.9 Å². The van der Waals surface area contributed by atoms with E-state index in [0.29, 0.717) is 19.3 Å². The monoisotopic (exact) mass is 904 g/mol. The highest BCUT2D eigenvalue weighted by Gasteiger charge is 2.24. The number of hydrogen-bond donors (Lipinski definition) is 3. The quantitative estimate of drug-likeness (QED) is 0.0245. The zero-order valence-corrected chi connectivity index (χ0v) is 42.3. The molecule has 6 heteroatoms. The number of aliphatic hydroxyl groups is 2. The molecule has 0 aliphatic heterocycles. The van der Waals surface area contributed by atoms with E-state index in [1.165, 1.54) is 89.9 Å². The van der Waals surface area contributed by atoms with Crippen molar-refractivity contribution in [1.82, 2.24) is 5.32 Å². The Hall–Kier alpha value is -3.22. The first-order valence-electron chi connectivity index (χ1n) is 27.0. The Bertz CT molecular complexity index is 1290. The molecular weight excluding hydrogens is 803 g/mol. The third-order valence-corrected chi connectivity index (χ3v) is 11.8. The second-order valence-electron chi connectivity index (χ2n) is 18.0. The number of nitrogens with one attached hydrogen (secondary N) is 1. The van der Waals surface area contributed by atoms with Gasteiger partial charge in [0.15, 0.2) is 0 Å². The summed E-state index contributed by atoms with van der Waals surface area (Å²) in [6, 6.07) is -0.730. The fourth-order valence-corrected chi connectivity index (χ4v) is 7.73. The van der Waals surface area contributed by atoms with Crippen LogP contribution in [0.15, 0.2) is 97.2 Å². The summed E-state index contributed by atoms with van der Waals surface area (Å²) in [5.74, 6) is -0.560. The number of carbonyl (C=O) groups excluding carboxylic acids is 2. The molecule has 0 rings (SSSR count). The lowest BCUT2D eigenvalue weighted by Gasteiger charge is -2.24. The maximum absolute atomic E-state index is 13.2. The molecule has 3 unspecified atom stereocenters. The Kier molecular flexibility index (Phi) is 49.2. The van der Waals surface area contributed by atoms with E-state index in [-0.39, 0.29) is 24.9 Å². The van der Waals surface area contributed by atoms with Crippen LogP contribution in [0.5, 0.6) is 0 Å². The Morgan fingerprint density at radius 2 is 0.923 bits per heavy atom. The van der Waals surface area contributed by atoms with Crippen molar-refractivity contribution in [3.05, 3.63) is 97.2 Å². The van der Waals surface area contributed by atoms with Crippen LogP contribution < -0.4 is 5.32 Å². The number of unbranched alkanes of at least 4 members (excludes halogenated alkanes) is 22. The lowest BCUT2D eigenvalue weighted by molar-refractivity contribution is -0.151. The molecule has 0 radical (unpaired) electrons. The van der Waals surface area contributed by atoms with Crippen LogP contribution in [0.3, 0.4) is 0 Å². The van der Waals surface area contributed by atoms with Crippen LogP contribution in [0.1, 0.15) is 239 Å². The molecule has 1 amide bonds. The Morgan fingerprint density at radius 3 is 1.46 bits per heavy atom. The van der Waals surface area contributed by atoms with E-state index in [0.717, 1.165) is 103 Å². The van der Waals surface area contributed by atoms with Crippen LogP contribution in [0.2, 0.25) is 0 Å². The second kappa shape index (κ2) is 51.8. The van der Waals surface area contributed by atoms with Crippen LogP contribution in [-0.2, 0) is 14.3 Å². The van der Waals surface area contributed by atoms with Gasteiger partial charge in [-0.2, -0.15) is 0 Å². The molecule has 0 saturated heterocycles. The van der Waals surface area contributed by atoms with Crippen molar-refractivity contribution in [2.75, 3.05) is 6.61 Å². The van der Waals surface area contributed by atoms with Crippen molar-refractivity contribution in [1.29, 1.82) is 0 Å². The average molecular weight is 904 g/mol. The van der Waals surface area contributed by atoms with Gasteiger partial charge in [-0.05, 0) is 77.0 Å². The van der Waals surface area contributed by atoms with E-state index in [2.05, 4.69) is 105 Å². The zero-order chi connectivity index (χ0) is 47.4. The lowest BCUT2D eigenvalue weighted by Crippen LogP contribution is -2.46. The molecule has 0 heterocycles. The summed E-state index contributed by atoms with van der Waals surface area (Å²) in [4.78, 5) is 26.2. The normalized spacial score (nSPS) is 14.0. The fraction of sp³-hybridized carbons (Fsp3) is 0.695. The number of carbonyl (C=O) groups is 2. The Labute approximate surface area is 401 Å². The number of amides is 1. The largest absolute Gasteiger partial charge is 0.462 e. The summed E-state index contributed by atoms with van der Waals surface area (Å²) in [7, 11) is 0. The highest BCUT2D eigenvalue weighted by molar-refractivity contribution is 5.77. The van der Waals surface area contributed by atoms with E-state index >= 15 is 0 Å². The van der Waals surface area contributed by atoms with Crippen molar-refractivity contribution in [3.8, 4) is 0 Å². The molecule has 0 aliphatic carbocycles. The van der Waals surface area contributed by atoms with Gasteiger partial charge in [0, 0.05) is 6.42 Å². The molecule has 0 aromatic carbocycles. The first kappa shape index (κ1) is 61.8. The van der Waals surface area contributed by atoms with Crippen LogP contribution in [0, 0.1) is 0 Å². The van der Waals surface area contributed by atoms with Gasteiger partial charge in [-0.25, -0.2) is 0 Å². The first-order valence-corrected chi connectivity index (χ1v) is 27.0. The van der Waals surface area contributed by atoms with Crippen molar-refractivity contribution < 1.29 is 24.5 Å². The molecule has 6 nitrogen and oxygen atoms in total. The zero-order valence-electron chi connectivity index (χ0n) is 42.3. The van der Waals surface area contributed by atoms with Gasteiger partial charge in [0.05, 0.1) is 25.2 Å². The van der Waals surface area contributed by atoms with Crippen LogP contribution in [0.4, 0.5) is 0 Å². The number of aliphatic hydroxyl groups excluding tert-OH is 2. The minimum absolute atomic E-state index is 0.0250. The minimum Gasteiger partial charge on any atom is -0.462 e. The molecular formula is C59H101NO5. The molecule has 0 aliphatic rings. The third kappa shape index (κ3) is 47.1. The summed E-state index contributed by atoms with van der Waals surface area (Å²) in [6.45, 7) is 6.22. The van der Waals surface area contributed by atoms with Crippen molar-refractivity contribution in [2.45, 2.75) is 257 Å². The van der Waals surface area contributed by atoms with Gasteiger partial charge in [0.25, 0.3) is 0 Å². The smallest absolute Gasteiger partial charge is 0.306 e. The molecule has 65 heavy (non-hydrogen) atoms. The van der Waals surface area contributed by atoms with Gasteiger partial charge >= 0.3 is 5.97 Å². The van der Waals surface area contributed by atoms with E-state index in [9.17, 15) is 19.8 Å². The predicted molar refractivity (Wildman–Crippen MR) is 282 cm³/mol. The SMILES string of the molecule is CC/C=C/C=C/C=C/C=C\CCCCCCCC(=O)OC(CCC/C=C/C/C=C/C/C=C/C/C=C/CC)CC(=O)NC(CO)C(O)CCCCCCCCCCCCCCCCCCC. The molecule has 0 aromatic rings. The number of rotatable bonds is 47. The molecule has 0 aromatic heterocycles. The molecule has 3 atom stereocenters. The second-order valence-corrected chi connectivity index (χ2v) is 18.0. The van der Waals surface area contributed by atoms with Gasteiger partial charge in [0.1, 0.15) is 6.10 Å². The van der Waals surface area contributed by atoms with Gasteiger partial charge in [0.2, 0.25) is 5.91 Å². The number of hydrogen-bond acceptors (Lipinski definition) is 5. The first-order chi connectivity index (χ1) is 32.0. The molecule has 0 saturated carbocycles. The summed E-state index contributed by atoms with van der Waals surface area (Å²) in [5, 5.41) is 23.8. The molecule has 0 spiro atoms. The van der Waals surface area contributed by atoms with Gasteiger partial charge in [-0.1, -0.05) is 246 Å². The molecule has 3 N–H and O–H groups in total. The maximum Gasteiger partial charge on any atom is 0.306 e. The van der Waals surface area contributed by atoms with E-state index in [1.807, 2.05) is 18.2 Å². The van der Waals surface area contributed by atoms with E-state index < -0.39 is 18.2 Å². The van der Waals surface area contributed by atoms with Gasteiger partial charge in [-0.15, -0.1) is 0 Å². The molecule has 372 valence electrons. The molecule has 0 fully saturated rings. The third-order valence-electron chi connectivity index (χ3n) is 11.8. The summed E-state index contributed by atoms with van der Waals surface area (Å²) >= 11 is 0. The maximum atomic E-state index is 13.2. The number of allylic oxidation sites excluding steroid dienone is 16. The van der Waals surface area contributed by atoms with Gasteiger partial charge in [-0.3, -0.25) is 9.59 Å². The summed E-state index contributed by atoms with van der Waals surface area (Å²) in [5.41, 5.74) is 0. The van der Waals surface area contributed by atoms with E-state index in [4.69, 9.17) is 4.74 Å². The lowest BCUT2D eigenvalue weighted by atomic mass is 10.0. The standard InChI is InChI=1S/C59H101NO5/c1-4-7-10-13-16-19-22-25-28-29-31-33-36-39-42-45-48-51-57(62)56(54-61)60-58(63)53-55(50-47-44-41-38-35-32-27-24-21-18-15-12-9-6-3)65-59(64)52-49-46-43-40-37-34-30-26-23-20-17-14-11-8-5-2/h8-9,11-12,14,17-18,20-21,23,26-27,30,32,38,41,55-57,61-62H,4-7,10,13,15-16,19,22,24-25,28-29,31,33-37,39-40,42-54H2,1-3H3,(H,60,63)/b11-8+,12-9+,17-14+,21-18+,23-20+,30-26-,32-27+,41-38+. The highest BCUT2D eigenvalue weighted by atomic mass is 16.5. The van der Waals surface area contributed by atoms with Crippen molar-refractivity contribution >= 4 is 11.9 Å². The predicted octanol–water partition coefficient (Wildman–Crippen LogP) is 16.5. The Balaban J connectivity index is 4.65. The van der Waals surface area contributed by atoms with Crippen LogP contribution >= 0.6 is 0 Å². The van der Waals surface area contributed by atoms with Crippen LogP contribution in [0.25, 0.3) is 0 Å². The fourth-order valence-electron chi connectivity index (χ4n) is 7.73. The van der Waals surface area contributed by atoms with Crippen molar-refractivity contribution in [2.24, 2.45) is 0 Å². The Morgan fingerprint density at radius 1 is 0.477 bits per heavy atom. The van der Waals surface area contributed by atoms with Crippen molar-refractivity contribution in [3.63, 3.8) is 0 Å².